The summed E-state index contributed by atoms with van der Waals surface area (Å²) in [5, 5.41) is 0. The van der Waals surface area contributed by atoms with Gasteiger partial charge >= 0.3 is 0 Å². The summed E-state index contributed by atoms with van der Waals surface area (Å²) in [6, 6.07) is 3.52. The molecule has 88 valence electrons. The van der Waals surface area contributed by atoms with Gasteiger partial charge in [-0.05, 0) is 31.0 Å². The number of amides is 2. The number of Topliss-reactive ketones (excluding diaryl/α,β-unsaturated/α-hetero) is 1. The Hall–Kier alpha value is -2.17. The first kappa shape index (κ1) is 11.3. The molecule has 0 bridgehead atoms. The molecule has 0 aromatic heterocycles. The number of rotatable bonds is 2. The maximum Gasteiger partial charge on any atom is 0.299 e. The molecule has 0 atom stereocenters. The Balaban J connectivity index is 2.60. The van der Waals surface area contributed by atoms with Crippen molar-refractivity contribution in [2.24, 2.45) is 5.73 Å². The van der Waals surface area contributed by atoms with Crippen molar-refractivity contribution in [3.63, 3.8) is 0 Å². The molecule has 17 heavy (non-hydrogen) atoms. The molecular formula is C12H12N2O3. The van der Waals surface area contributed by atoms with E-state index in [9.17, 15) is 14.4 Å². The predicted molar refractivity (Wildman–Crippen MR) is 61.8 cm³/mol. The van der Waals surface area contributed by atoms with Crippen LogP contribution in [0.5, 0.6) is 0 Å². The number of aryl methyl sites for hydroxylation is 2. The van der Waals surface area contributed by atoms with Crippen LogP contribution in [0.1, 0.15) is 21.5 Å². The normalized spacial score (nSPS) is 14.1. The number of carbonyl (C=O) groups is 3. The molecule has 5 heteroatoms. The third kappa shape index (κ3) is 1.69. The Morgan fingerprint density at radius 1 is 1.29 bits per heavy atom. The highest BCUT2D eigenvalue weighted by atomic mass is 16.2. The Bertz CT molecular complexity index is 549. The monoisotopic (exact) mass is 232 g/mol. The molecule has 2 N–H and O–H groups in total. The van der Waals surface area contributed by atoms with Crippen LogP contribution in [0.2, 0.25) is 0 Å². The number of hydrogen-bond acceptors (Lipinski definition) is 3. The average molecular weight is 232 g/mol. The number of hydrogen-bond donors (Lipinski definition) is 1. The maximum absolute atomic E-state index is 11.7. The minimum Gasteiger partial charge on any atom is -0.368 e. The zero-order valence-electron chi connectivity index (χ0n) is 9.61. The molecular weight excluding hydrogens is 220 g/mol. The first-order valence-corrected chi connectivity index (χ1v) is 5.17. The van der Waals surface area contributed by atoms with Gasteiger partial charge in [0, 0.05) is 0 Å². The smallest absolute Gasteiger partial charge is 0.299 e. The molecule has 1 aliphatic rings. The number of ketones is 1. The van der Waals surface area contributed by atoms with Gasteiger partial charge in [0.05, 0.1) is 11.3 Å². The molecule has 2 amide bonds. The van der Waals surface area contributed by atoms with Gasteiger partial charge in [0.2, 0.25) is 5.91 Å². The van der Waals surface area contributed by atoms with Crippen LogP contribution >= 0.6 is 0 Å². The Morgan fingerprint density at radius 2 is 1.94 bits per heavy atom. The van der Waals surface area contributed by atoms with Crippen LogP contribution in [0.3, 0.4) is 0 Å². The van der Waals surface area contributed by atoms with Crippen LogP contribution in [0.4, 0.5) is 5.69 Å². The predicted octanol–water partition coefficient (Wildman–Crippen LogP) is 0.318. The van der Waals surface area contributed by atoms with Gasteiger partial charge in [-0.25, -0.2) is 0 Å². The van der Waals surface area contributed by atoms with Crippen LogP contribution in [-0.2, 0) is 9.59 Å². The van der Waals surface area contributed by atoms with Gasteiger partial charge in [-0.1, -0.05) is 6.07 Å². The van der Waals surface area contributed by atoms with Crippen LogP contribution in [0.15, 0.2) is 12.1 Å². The second-order valence-electron chi connectivity index (χ2n) is 4.16. The van der Waals surface area contributed by atoms with Crippen molar-refractivity contribution in [3.05, 3.63) is 28.8 Å². The lowest BCUT2D eigenvalue weighted by Gasteiger charge is -2.16. The third-order valence-electron chi connectivity index (χ3n) is 2.71. The molecule has 0 unspecified atom stereocenters. The van der Waals surface area contributed by atoms with Gasteiger partial charge < -0.3 is 5.73 Å². The standard InChI is InChI=1S/C12H12N2O3/c1-6-3-7(2)10-8(4-6)11(16)12(17)14(10)5-9(13)15/h3-4H,5H2,1-2H3,(H2,13,15). The van der Waals surface area contributed by atoms with E-state index < -0.39 is 17.6 Å². The van der Waals surface area contributed by atoms with Crippen LogP contribution in [0, 0.1) is 13.8 Å². The average Bonchev–Trinajstić information content (AvgIpc) is 2.43. The zero-order valence-corrected chi connectivity index (χ0v) is 9.61. The first-order valence-electron chi connectivity index (χ1n) is 5.17. The molecule has 2 rings (SSSR count). The Kier molecular flexibility index (Phi) is 2.46. The molecule has 0 radical (unpaired) electrons. The highest BCUT2D eigenvalue weighted by molar-refractivity contribution is 6.52. The lowest BCUT2D eigenvalue weighted by Crippen LogP contribution is -2.37. The summed E-state index contributed by atoms with van der Waals surface area (Å²) in [6.07, 6.45) is 0. The van der Waals surface area contributed by atoms with Crippen molar-refractivity contribution in [1.29, 1.82) is 0 Å². The summed E-state index contributed by atoms with van der Waals surface area (Å²) in [5.41, 5.74) is 7.63. The van der Waals surface area contributed by atoms with Gasteiger partial charge in [-0.2, -0.15) is 0 Å². The number of nitrogens with zero attached hydrogens (tertiary/aromatic N) is 1. The van der Waals surface area contributed by atoms with Crippen molar-refractivity contribution >= 4 is 23.3 Å². The van der Waals surface area contributed by atoms with E-state index in [2.05, 4.69) is 0 Å². The fourth-order valence-electron chi connectivity index (χ4n) is 2.14. The molecule has 0 aliphatic carbocycles. The third-order valence-corrected chi connectivity index (χ3v) is 2.71. The lowest BCUT2D eigenvalue weighted by atomic mass is 10.0. The lowest BCUT2D eigenvalue weighted by molar-refractivity contribution is -0.120. The van der Waals surface area contributed by atoms with Gasteiger partial charge in [0.15, 0.2) is 0 Å². The van der Waals surface area contributed by atoms with E-state index in [-0.39, 0.29) is 6.54 Å². The van der Waals surface area contributed by atoms with E-state index in [4.69, 9.17) is 5.73 Å². The number of fused-ring (bicyclic) bond motifs is 1. The maximum atomic E-state index is 11.7. The number of nitrogens with two attached hydrogens (primary N) is 1. The van der Waals surface area contributed by atoms with Gasteiger partial charge in [0.1, 0.15) is 6.54 Å². The van der Waals surface area contributed by atoms with Gasteiger partial charge in [-0.15, -0.1) is 0 Å². The summed E-state index contributed by atoms with van der Waals surface area (Å²) < 4.78 is 0. The van der Waals surface area contributed by atoms with Crippen molar-refractivity contribution in [2.45, 2.75) is 13.8 Å². The molecule has 1 aromatic carbocycles. The van der Waals surface area contributed by atoms with Crippen LogP contribution in [0.25, 0.3) is 0 Å². The van der Waals surface area contributed by atoms with E-state index >= 15 is 0 Å². The summed E-state index contributed by atoms with van der Waals surface area (Å²) in [5.74, 6) is -1.90. The summed E-state index contributed by atoms with van der Waals surface area (Å²) in [4.78, 5) is 35.5. The summed E-state index contributed by atoms with van der Waals surface area (Å²) in [6.45, 7) is 3.38. The van der Waals surface area contributed by atoms with Crippen molar-refractivity contribution in [1.82, 2.24) is 0 Å². The first-order chi connectivity index (χ1) is 7.91. The van der Waals surface area contributed by atoms with E-state index in [1.165, 1.54) is 0 Å². The second kappa shape index (κ2) is 3.69. The molecule has 0 saturated carbocycles. The fourth-order valence-corrected chi connectivity index (χ4v) is 2.14. The zero-order chi connectivity index (χ0) is 12.7. The number of benzene rings is 1. The Morgan fingerprint density at radius 3 is 2.53 bits per heavy atom. The van der Waals surface area contributed by atoms with Crippen molar-refractivity contribution < 1.29 is 14.4 Å². The van der Waals surface area contributed by atoms with Crippen LogP contribution in [-0.4, -0.2) is 24.1 Å². The fraction of sp³-hybridized carbons (Fsp3) is 0.250. The molecule has 1 aliphatic heterocycles. The minimum atomic E-state index is -0.687. The SMILES string of the molecule is Cc1cc(C)c2c(c1)C(=O)C(=O)N2CC(N)=O. The number of primary amides is 1. The minimum absolute atomic E-state index is 0.262. The molecule has 1 heterocycles. The number of anilines is 1. The quantitative estimate of drug-likeness (QED) is 0.745. The highest BCUT2D eigenvalue weighted by Gasteiger charge is 2.37. The van der Waals surface area contributed by atoms with E-state index in [0.29, 0.717) is 11.3 Å². The topological polar surface area (TPSA) is 80.5 Å². The summed E-state index contributed by atoms with van der Waals surface area (Å²) in [7, 11) is 0. The van der Waals surface area contributed by atoms with Gasteiger partial charge in [-0.3, -0.25) is 19.3 Å². The molecule has 0 saturated heterocycles. The van der Waals surface area contributed by atoms with E-state index in [1.807, 2.05) is 13.0 Å². The van der Waals surface area contributed by atoms with Crippen molar-refractivity contribution in [2.75, 3.05) is 11.4 Å². The van der Waals surface area contributed by atoms with Crippen LogP contribution < -0.4 is 10.6 Å². The second-order valence-corrected chi connectivity index (χ2v) is 4.16. The van der Waals surface area contributed by atoms with E-state index in [1.54, 1.807) is 13.0 Å². The molecule has 0 spiro atoms. The summed E-state index contributed by atoms with van der Waals surface area (Å²) >= 11 is 0. The highest BCUT2D eigenvalue weighted by Crippen LogP contribution is 2.32. The van der Waals surface area contributed by atoms with Crippen molar-refractivity contribution in [3.8, 4) is 0 Å². The number of carbonyl (C=O) groups excluding carboxylic acids is 3. The largest absolute Gasteiger partial charge is 0.368 e. The Labute approximate surface area is 98.2 Å². The molecule has 0 fully saturated rings. The molecule has 5 nitrogen and oxygen atoms in total. The molecule has 1 aromatic rings. The van der Waals surface area contributed by atoms with E-state index in [0.717, 1.165) is 16.0 Å². The van der Waals surface area contributed by atoms with Gasteiger partial charge in [0.25, 0.3) is 11.7 Å².